The number of anilines is 1. The summed E-state index contributed by atoms with van der Waals surface area (Å²) in [6, 6.07) is 4.73. The van der Waals surface area contributed by atoms with Crippen LogP contribution in [0.3, 0.4) is 0 Å². The van der Waals surface area contributed by atoms with E-state index in [0.717, 1.165) is 0 Å². The molecule has 0 saturated heterocycles. The fourth-order valence-electron chi connectivity index (χ4n) is 2.27. The first-order chi connectivity index (χ1) is 11.6. The molecule has 0 saturated carbocycles. The summed E-state index contributed by atoms with van der Waals surface area (Å²) >= 11 is 5.39. The van der Waals surface area contributed by atoms with E-state index in [1.54, 1.807) is 17.5 Å². The van der Waals surface area contributed by atoms with E-state index in [1.165, 1.54) is 16.2 Å². The Kier molecular flexibility index (Phi) is 4.40. The summed E-state index contributed by atoms with van der Waals surface area (Å²) in [7, 11) is 0. The molecule has 134 valence electrons. The number of halogens is 6. The molecule has 1 aliphatic heterocycles. The van der Waals surface area contributed by atoms with Crippen molar-refractivity contribution in [3.05, 3.63) is 51.7 Å². The molecule has 1 aliphatic rings. The number of thiol groups is 1. The zero-order chi connectivity index (χ0) is 18.4. The maximum Gasteiger partial charge on any atom is 0.416 e. The largest absolute Gasteiger partial charge is 0.416 e. The number of hydrazone groups is 1. The lowest BCUT2D eigenvalue weighted by molar-refractivity contribution is -0.143. The van der Waals surface area contributed by atoms with Gasteiger partial charge in [0.2, 0.25) is 0 Å². The fraction of sp³-hybridized carbons (Fsp3) is 0.214. The Morgan fingerprint density at radius 2 is 1.64 bits per heavy atom. The lowest BCUT2D eigenvalue weighted by Gasteiger charge is -2.25. The van der Waals surface area contributed by atoms with Crippen LogP contribution in [0.4, 0.5) is 32.0 Å². The first kappa shape index (κ1) is 17.9. The number of hydrogen-bond donors (Lipinski definition) is 2. The van der Waals surface area contributed by atoms with E-state index in [-0.39, 0.29) is 17.6 Å². The molecule has 3 rings (SSSR count). The van der Waals surface area contributed by atoms with E-state index < -0.39 is 29.0 Å². The molecule has 1 unspecified atom stereocenters. The molecule has 0 spiro atoms. The van der Waals surface area contributed by atoms with Crippen molar-refractivity contribution < 1.29 is 26.3 Å². The van der Waals surface area contributed by atoms with Crippen molar-refractivity contribution >= 4 is 35.5 Å². The van der Waals surface area contributed by atoms with Crippen molar-refractivity contribution in [1.29, 1.82) is 0 Å². The van der Waals surface area contributed by atoms with Gasteiger partial charge in [-0.15, -0.1) is 24.0 Å². The Morgan fingerprint density at radius 1 is 1.04 bits per heavy atom. The molecule has 0 fully saturated rings. The van der Waals surface area contributed by atoms with Crippen LogP contribution in [-0.2, 0) is 12.4 Å². The number of thiophene rings is 1. The molecule has 1 N–H and O–H groups in total. The predicted octanol–water partition coefficient (Wildman–Crippen LogP) is 4.77. The van der Waals surface area contributed by atoms with Gasteiger partial charge in [-0.25, -0.2) is 0 Å². The summed E-state index contributed by atoms with van der Waals surface area (Å²) in [5, 5.41) is 5.68. The highest BCUT2D eigenvalue weighted by Gasteiger charge is 2.39. The Hall–Kier alpha value is -1.88. The summed E-state index contributed by atoms with van der Waals surface area (Å²) in [6.07, 6.45) is -9.84. The summed E-state index contributed by atoms with van der Waals surface area (Å²) in [5.41, 5.74) is -1.45. The average molecular weight is 397 g/mol. The Balaban J connectivity index is 2.13. The third-order valence-electron chi connectivity index (χ3n) is 3.35. The third-order valence-corrected chi connectivity index (χ3v) is 4.56. The molecule has 0 aliphatic carbocycles. The van der Waals surface area contributed by atoms with Gasteiger partial charge < -0.3 is 0 Å². The maximum absolute atomic E-state index is 13.0. The highest BCUT2D eigenvalue weighted by Crippen LogP contribution is 2.39. The van der Waals surface area contributed by atoms with Crippen molar-refractivity contribution in [3.63, 3.8) is 0 Å². The van der Waals surface area contributed by atoms with Crippen LogP contribution in [-0.4, -0.2) is 11.3 Å². The minimum atomic E-state index is -4.92. The van der Waals surface area contributed by atoms with E-state index in [2.05, 4.69) is 23.2 Å². The maximum atomic E-state index is 13.0. The van der Waals surface area contributed by atoms with Crippen molar-refractivity contribution in [3.8, 4) is 0 Å². The molecule has 1 aromatic heterocycles. The van der Waals surface area contributed by atoms with Gasteiger partial charge in [-0.2, -0.15) is 31.4 Å². The Labute approximate surface area is 147 Å². The van der Waals surface area contributed by atoms with Gasteiger partial charge in [-0.1, -0.05) is 6.07 Å². The molecule has 0 amide bonds. The highest BCUT2D eigenvalue weighted by atomic mass is 32.1. The zero-order valence-electron chi connectivity index (χ0n) is 12.1. The summed E-state index contributed by atoms with van der Waals surface area (Å²) < 4.78 is 78.3. The number of amidine groups is 1. The van der Waals surface area contributed by atoms with E-state index >= 15 is 0 Å². The van der Waals surface area contributed by atoms with Gasteiger partial charge in [0, 0.05) is 5.69 Å². The second kappa shape index (κ2) is 6.13. The molecular weight excluding hydrogens is 388 g/mol. The van der Waals surface area contributed by atoms with Gasteiger partial charge in [0.1, 0.15) is 0 Å². The summed E-state index contributed by atoms with van der Waals surface area (Å²) in [6.45, 7) is 0. The number of nitrogens with zero attached hydrogens (tertiary/aromatic N) is 2. The van der Waals surface area contributed by atoms with Crippen molar-refractivity contribution in [2.45, 2.75) is 17.9 Å². The van der Waals surface area contributed by atoms with Crippen molar-refractivity contribution in [1.82, 2.24) is 5.43 Å². The van der Waals surface area contributed by atoms with Gasteiger partial charge in [0.15, 0.2) is 11.3 Å². The summed E-state index contributed by atoms with van der Waals surface area (Å²) in [4.78, 5) is 1.76. The van der Waals surface area contributed by atoms with Crippen LogP contribution < -0.4 is 10.3 Å². The van der Waals surface area contributed by atoms with E-state index in [9.17, 15) is 26.3 Å². The monoisotopic (exact) mass is 397 g/mol. The third kappa shape index (κ3) is 3.56. The molecule has 25 heavy (non-hydrogen) atoms. The van der Waals surface area contributed by atoms with Gasteiger partial charge >= 0.3 is 12.4 Å². The van der Waals surface area contributed by atoms with Crippen LogP contribution in [0.2, 0.25) is 0 Å². The number of rotatable bonds is 2. The molecule has 11 heteroatoms. The second-order valence-corrected chi connectivity index (χ2v) is 6.49. The van der Waals surface area contributed by atoms with Crippen molar-refractivity contribution in [2.24, 2.45) is 5.10 Å². The molecule has 0 bridgehead atoms. The quantitative estimate of drug-likeness (QED) is 0.564. The SMILES string of the molecule is FC(F)(F)c1cc(N2C(c3cccs3)=NNC2S)cc(C(F)(F)F)c1. The van der Waals surface area contributed by atoms with Crippen LogP contribution in [0.5, 0.6) is 0 Å². The molecule has 3 nitrogen and oxygen atoms in total. The first-order valence-corrected chi connectivity index (χ1v) is 8.11. The molecule has 1 aromatic carbocycles. The lowest BCUT2D eigenvalue weighted by Crippen LogP contribution is -2.36. The van der Waals surface area contributed by atoms with Crippen LogP contribution in [0.25, 0.3) is 0 Å². The number of benzene rings is 1. The average Bonchev–Trinajstić information content (AvgIpc) is 3.14. The van der Waals surface area contributed by atoms with Crippen LogP contribution >= 0.6 is 24.0 Å². The Bertz CT molecular complexity index is 766. The number of nitrogens with one attached hydrogen (secondary N) is 1. The number of hydrogen-bond acceptors (Lipinski definition) is 5. The van der Waals surface area contributed by atoms with Gasteiger partial charge in [-0.3, -0.25) is 10.3 Å². The zero-order valence-corrected chi connectivity index (χ0v) is 13.8. The van der Waals surface area contributed by atoms with Crippen LogP contribution in [0, 0.1) is 0 Å². The van der Waals surface area contributed by atoms with Crippen LogP contribution in [0.1, 0.15) is 16.0 Å². The van der Waals surface area contributed by atoms with Crippen molar-refractivity contribution in [2.75, 3.05) is 4.90 Å². The predicted molar refractivity (Wildman–Crippen MR) is 85.7 cm³/mol. The highest BCUT2D eigenvalue weighted by molar-refractivity contribution is 7.81. The second-order valence-electron chi connectivity index (χ2n) is 5.05. The molecule has 2 aromatic rings. The minimum absolute atomic E-state index is 0.0858. The lowest BCUT2D eigenvalue weighted by atomic mass is 10.1. The topological polar surface area (TPSA) is 27.6 Å². The fourth-order valence-corrected chi connectivity index (χ4v) is 3.28. The van der Waals surface area contributed by atoms with Gasteiger partial charge in [0.05, 0.1) is 16.0 Å². The minimum Gasteiger partial charge on any atom is -0.293 e. The van der Waals surface area contributed by atoms with Crippen LogP contribution in [0.15, 0.2) is 40.8 Å². The van der Waals surface area contributed by atoms with Gasteiger partial charge in [0.25, 0.3) is 0 Å². The molecule has 0 radical (unpaired) electrons. The summed E-state index contributed by atoms with van der Waals surface area (Å²) in [5.74, 6) is 0.197. The number of alkyl halides is 6. The standard InChI is InChI=1S/C14H9F6N3S2/c15-13(16,17)7-4-8(14(18,19)20)6-9(5-7)23-11(21-22-12(23)24)10-2-1-3-25-10/h1-6,12,22,24H. The van der Waals surface area contributed by atoms with E-state index in [0.29, 0.717) is 17.0 Å². The Morgan fingerprint density at radius 3 is 2.12 bits per heavy atom. The molecular formula is C14H9F6N3S2. The van der Waals surface area contributed by atoms with E-state index in [1.807, 2.05) is 0 Å². The molecule has 1 atom stereocenters. The molecule has 2 heterocycles. The smallest absolute Gasteiger partial charge is 0.293 e. The van der Waals surface area contributed by atoms with Gasteiger partial charge in [-0.05, 0) is 29.6 Å². The normalized spacial score (nSPS) is 18.3. The van der Waals surface area contributed by atoms with E-state index in [4.69, 9.17) is 0 Å². The first-order valence-electron chi connectivity index (χ1n) is 6.71.